The summed E-state index contributed by atoms with van der Waals surface area (Å²) in [6.07, 6.45) is 4.96. The van der Waals surface area contributed by atoms with Crippen molar-refractivity contribution in [2.45, 2.75) is 40.7 Å². The SMILES string of the molecule is CC/C(C)=C\N=c1ccc(-c2c(-c3cccc(C)n3)nc3n2CCN3C(C)=O)cn1C. The van der Waals surface area contributed by atoms with Gasteiger partial charge in [0.2, 0.25) is 11.9 Å². The zero-order valence-corrected chi connectivity index (χ0v) is 18.8. The maximum Gasteiger partial charge on any atom is 0.226 e. The van der Waals surface area contributed by atoms with Gasteiger partial charge in [-0.1, -0.05) is 18.6 Å². The van der Waals surface area contributed by atoms with Gasteiger partial charge in [0, 0.05) is 50.7 Å². The first-order valence-corrected chi connectivity index (χ1v) is 10.6. The highest BCUT2D eigenvalue weighted by atomic mass is 16.2. The highest BCUT2D eigenvalue weighted by Gasteiger charge is 2.30. The van der Waals surface area contributed by atoms with Crippen LogP contribution in [0.2, 0.25) is 0 Å². The summed E-state index contributed by atoms with van der Waals surface area (Å²) in [5.41, 5.74) is 6.61. The third-order valence-electron chi connectivity index (χ3n) is 5.60. The van der Waals surface area contributed by atoms with E-state index < -0.39 is 0 Å². The van der Waals surface area contributed by atoms with E-state index in [1.54, 1.807) is 11.8 Å². The predicted octanol–water partition coefficient (Wildman–Crippen LogP) is 3.84. The van der Waals surface area contributed by atoms with E-state index in [1.165, 1.54) is 5.57 Å². The molecule has 3 aromatic heterocycles. The lowest BCUT2D eigenvalue weighted by Crippen LogP contribution is -2.26. The molecule has 0 atom stereocenters. The predicted molar refractivity (Wildman–Crippen MR) is 122 cm³/mol. The van der Waals surface area contributed by atoms with Crippen molar-refractivity contribution in [2.75, 3.05) is 11.4 Å². The Balaban J connectivity index is 1.89. The molecular weight excluding hydrogens is 388 g/mol. The van der Waals surface area contributed by atoms with E-state index >= 15 is 0 Å². The number of hydrogen-bond acceptors (Lipinski definition) is 4. The van der Waals surface area contributed by atoms with E-state index in [9.17, 15) is 4.79 Å². The number of rotatable bonds is 4. The van der Waals surface area contributed by atoms with Crippen LogP contribution in [-0.4, -0.2) is 31.6 Å². The van der Waals surface area contributed by atoms with Crippen molar-refractivity contribution in [3.05, 3.63) is 59.5 Å². The van der Waals surface area contributed by atoms with Crippen LogP contribution in [0.3, 0.4) is 0 Å². The third kappa shape index (κ3) is 3.95. The van der Waals surface area contributed by atoms with Crippen molar-refractivity contribution in [2.24, 2.45) is 12.0 Å². The van der Waals surface area contributed by atoms with E-state index in [2.05, 4.69) is 35.7 Å². The van der Waals surface area contributed by atoms with Crippen molar-refractivity contribution >= 4 is 11.9 Å². The molecule has 4 rings (SSSR count). The van der Waals surface area contributed by atoms with E-state index in [0.717, 1.165) is 40.2 Å². The Bertz CT molecular complexity index is 1250. The number of amides is 1. The fourth-order valence-electron chi connectivity index (χ4n) is 3.74. The molecule has 0 saturated carbocycles. The first kappa shape index (κ1) is 20.8. The Morgan fingerprint density at radius 2 is 1.97 bits per heavy atom. The number of aryl methyl sites for hydroxylation is 2. The molecule has 31 heavy (non-hydrogen) atoms. The van der Waals surface area contributed by atoms with Crippen LogP contribution in [0.5, 0.6) is 0 Å². The second-order valence-corrected chi connectivity index (χ2v) is 7.94. The van der Waals surface area contributed by atoms with Gasteiger partial charge in [-0.3, -0.25) is 14.7 Å². The Morgan fingerprint density at radius 3 is 2.65 bits per heavy atom. The second kappa shape index (κ2) is 8.34. The van der Waals surface area contributed by atoms with E-state index in [4.69, 9.17) is 9.97 Å². The minimum Gasteiger partial charge on any atom is -0.335 e. The molecule has 0 N–H and O–H groups in total. The van der Waals surface area contributed by atoms with Crippen LogP contribution in [0, 0.1) is 6.92 Å². The number of hydrogen-bond donors (Lipinski definition) is 0. The first-order valence-electron chi connectivity index (χ1n) is 10.6. The lowest BCUT2D eigenvalue weighted by Gasteiger charge is -2.10. The van der Waals surface area contributed by atoms with Crippen molar-refractivity contribution in [3.8, 4) is 22.6 Å². The molecule has 1 amide bonds. The Labute approximate surface area is 182 Å². The van der Waals surface area contributed by atoms with Crippen LogP contribution in [0.4, 0.5) is 5.95 Å². The number of carbonyl (C=O) groups is 1. The van der Waals surface area contributed by atoms with Crippen molar-refractivity contribution in [3.63, 3.8) is 0 Å². The van der Waals surface area contributed by atoms with Crippen molar-refractivity contribution < 1.29 is 4.79 Å². The van der Waals surface area contributed by atoms with E-state index in [1.807, 2.05) is 49.0 Å². The smallest absolute Gasteiger partial charge is 0.226 e. The molecule has 0 radical (unpaired) electrons. The molecule has 4 heterocycles. The highest BCUT2D eigenvalue weighted by molar-refractivity contribution is 5.92. The van der Waals surface area contributed by atoms with Gasteiger partial charge in [0.25, 0.3) is 0 Å². The number of carbonyl (C=O) groups excluding carboxylic acids is 1. The van der Waals surface area contributed by atoms with Gasteiger partial charge in [-0.15, -0.1) is 0 Å². The Hall–Kier alpha value is -3.48. The van der Waals surface area contributed by atoms with Gasteiger partial charge in [0.05, 0.1) is 11.4 Å². The number of imidazole rings is 1. The van der Waals surface area contributed by atoms with Gasteiger partial charge in [-0.05, 0) is 44.5 Å². The summed E-state index contributed by atoms with van der Waals surface area (Å²) >= 11 is 0. The standard InChI is InChI=1S/C24H28N6O/c1-6-16(2)14-25-21-11-10-19(15-28(21)5)23-22(20-9-7-8-17(3)26-20)27-24-29(18(4)31)12-13-30(23)24/h7-11,14-15H,6,12-13H2,1-5H3/b16-14-,25-21?. The summed E-state index contributed by atoms with van der Waals surface area (Å²) in [7, 11) is 1.99. The van der Waals surface area contributed by atoms with Crippen LogP contribution in [0.15, 0.2) is 53.3 Å². The zero-order chi connectivity index (χ0) is 22.1. The average Bonchev–Trinajstić information content (AvgIpc) is 3.31. The fourth-order valence-corrected chi connectivity index (χ4v) is 3.74. The van der Waals surface area contributed by atoms with Crippen molar-refractivity contribution in [1.29, 1.82) is 0 Å². The first-order chi connectivity index (χ1) is 14.9. The van der Waals surface area contributed by atoms with Gasteiger partial charge in [-0.2, -0.15) is 0 Å². The molecule has 1 aliphatic rings. The summed E-state index contributed by atoms with van der Waals surface area (Å²) < 4.78 is 4.13. The highest BCUT2D eigenvalue weighted by Crippen LogP contribution is 2.37. The van der Waals surface area contributed by atoms with Crippen LogP contribution in [0.1, 0.15) is 32.9 Å². The molecule has 0 bridgehead atoms. The van der Waals surface area contributed by atoms with E-state index in [-0.39, 0.29) is 5.91 Å². The molecule has 0 spiro atoms. The Morgan fingerprint density at radius 1 is 1.16 bits per heavy atom. The number of nitrogens with zero attached hydrogens (tertiary/aromatic N) is 6. The summed E-state index contributed by atoms with van der Waals surface area (Å²) in [6.45, 7) is 9.09. The number of fused-ring (bicyclic) bond motifs is 1. The zero-order valence-electron chi connectivity index (χ0n) is 18.8. The summed E-state index contributed by atoms with van der Waals surface area (Å²) in [5, 5.41) is 0. The normalized spacial score (nSPS) is 14.3. The molecule has 0 aliphatic carbocycles. The van der Waals surface area contributed by atoms with E-state index in [0.29, 0.717) is 19.0 Å². The average molecular weight is 417 g/mol. The number of pyridine rings is 2. The monoisotopic (exact) mass is 416 g/mol. The summed E-state index contributed by atoms with van der Waals surface area (Å²) in [5.74, 6) is 0.676. The maximum atomic E-state index is 12.1. The third-order valence-corrected chi connectivity index (χ3v) is 5.60. The van der Waals surface area contributed by atoms with Gasteiger partial charge >= 0.3 is 0 Å². The number of anilines is 1. The quantitative estimate of drug-likeness (QED) is 0.649. The van der Waals surface area contributed by atoms with Gasteiger partial charge in [0.1, 0.15) is 11.2 Å². The summed E-state index contributed by atoms with van der Waals surface area (Å²) in [4.78, 5) is 28.0. The van der Waals surface area contributed by atoms with Crippen LogP contribution in [-0.2, 0) is 18.4 Å². The molecule has 0 aromatic carbocycles. The molecule has 1 aliphatic heterocycles. The van der Waals surface area contributed by atoms with Crippen LogP contribution in [0.25, 0.3) is 22.6 Å². The number of aromatic nitrogens is 4. The minimum absolute atomic E-state index is 0.00293. The van der Waals surface area contributed by atoms with Crippen LogP contribution < -0.4 is 10.4 Å². The lowest BCUT2D eigenvalue weighted by atomic mass is 10.1. The van der Waals surface area contributed by atoms with Crippen LogP contribution >= 0.6 is 0 Å². The molecule has 7 nitrogen and oxygen atoms in total. The Kier molecular flexibility index (Phi) is 5.59. The second-order valence-electron chi connectivity index (χ2n) is 7.94. The largest absolute Gasteiger partial charge is 0.335 e. The topological polar surface area (TPSA) is 68.3 Å². The molecule has 0 fully saturated rings. The van der Waals surface area contributed by atoms with Crippen molar-refractivity contribution in [1.82, 2.24) is 19.1 Å². The fraction of sp³-hybridized carbons (Fsp3) is 0.333. The molecule has 0 unspecified atom stereocenters. The molecule has 0 saturated heterocycles. The molecule has 3 aromatic rings. The summed E-state index contributed by atoms with van der Waals surface area (Å²) in [6, 6.07) is 10.00. The minimum atomic E-state index is -0.00293. The maximum absolute atomic E-state index is 12.1. The molecule has 7 heteroatoms. The molecule has 160 valence electrons. The lowest BCUT2D eigenvalue weighted by molar-refractivity contribution is -0.116. The molecular formula is C24H28N6O. The number of allylic oxidation sites excluding steroid dienone is 1. The van der Waals surface area contributed by atoms with Gasteiger partial charge < -0.3 is 9.13 Å². The van der Waals surface area contributed by atoms with Gasteiger partial charge in [-0.25, -0.2) is 9.98 Å². The van der Waals surface area contributed by atoms with Gasteiger partial charge in [0.15, 0.2) is 0 Å².